The lowest BCUT2D eigenvalue weighted by Crippen LogP contribution is -2.12. The fourth-order valence-corrected chi connectivity index (χ4v) is 3.45. The Morgan fingerprint density at radius 2 is 1.77 bits per heavy atom. The second kappa shape index (κ2) is 7.40. The van der Waals surface area contributed by atoms with E-state index in [2.05, 4.69) is 38.7 Å². The molecular weight excluding hydrogens is 381 g/mol. The van der Waals surface area contributed by atoms with Crippen molar-refractivity contribution in [2.75, 3.05) is 5.32 Å². The van der Waals surface area contributed by atoms with E-state index in [9.17, 15) is 4.39 Å². The number of rotatable bonds is 5. The van der Waals surface area contributed by atoms with Crippen LogP contribution in [0.15, 0.2) is 79.1 Å². The van der Waals surface area contributed by atoms with Crippen molar-refractivity contribution in [1.82, 2.24) is 29.6 Å². The normalized spacial score (nSPS) is 12.2. The molecule has 0 bridgehead atoms. The van der Waals surface area contributed by atoms with Crippen molar-refractivity contribution in [3.63, 3.8) is 0 Å². The molecule has 0 aliphatic rings. The van der Waals surface area contributed by atoms with Crippen LogP contribution < -0.4 is 5.32 Å². The number of anilines is 1. The van der Waals surface area contributed by atoms with Crippen LogP contribution in [0.1, 0.15) is 18.5 Å². The summed E-state index contributed by atoms with van der Waals surface area (Å²) >= 11 is 0. The molecule has 3 heterocycles. The molecule has 1 unspecified atom stereocenters. The van der Waals surface area contributed by atoms with Gasteiger partial charge < -0.3 is 5.32 Å². The first-order valence-electron chi connectivity index (χ1n) is 9.53. The van der Waals surface area contributed by atoms with Crippen molar-refractivity contribution in [2.45, 2.75) is 13.0 Å². The van der Waals surface area contributed by atoms with Gasteiger partial charge in [0.15, 0.2) is 11.5 Å². The summed E-state index contributed by atoms with van der Waals surface area (Å²) in [6.07, 6.45) is 3.66. The Hall–Kier alpha value is -4.07. The van der Waals surface area contributed by atoms with Crippen molar-refractivity contribution in [2.24, 2.45) is 0 Å². The van der Waals surface area contributed by atoms with Crippen LogP contribution >= 0.6 is 0 Å². The van der Waals surface area contributed by atoms with Crippen molar-refractivity contribution in [3.05, 3.63) is 90.5 Å². The SMILES string of the molecule is CC(Nc1ccc2nnc(-c3ccccc3F)n2n1)c1ccccc1-n1cccn1. The van der Waals surface area contributed by atoms with Gasteiger partial charge in [-0.25, -0.2) is 9.07 Å². The van der Waals surface area contributed by atoms with Gasteiger partial charge in [-0.1, -0.05) is 30.3 Å². The van der Waals surface area contributed by atoms with E-state index in [1.807, 2.05) is 41.2 Å². The summed E-state index contributed by atoms with van der Waals surface area (Å²) in [5.74, 6) is 0.618. The van der Waals surface area contributed by atoms with Crippen LogP contribution in [0, 0.1) is 5.82 Å². The molecule has 0 amide bonds. The van der Waals surface area contributed by atoms with Gasteiger partial charge in [0.05, 0.1) is 17.3 Å². The van der Waals surface area contributed by atoms with E-state index in [0.29, 0.717) is 22.9 Å². The van der Waals surface area contributed by atoms with Gasteiger partial charge in [-0.2, -0.15) is 9.61 Å². The number of nitrogens with one attached hydrogen (secondary N) is 1. The highest BCUT2D eigenvalue weighted by Crippen LogP contribution is 2.25. The van der Waals surface area contributed by atoms with E-state index in [0.717, 1.165) is 11.3 Å². The number of nitrogens with zero attached hydrogens (tertiary/aromatic N) is 6. The third-order valence-electron chi connectivity index (χ3n) is 4.90. The van der Waals surface area contributed by atoms with Gasteiger partial charge in [0, 0.05) is 12.4 Å². The van der Waals surface area contributed by atoms with Crippen LogP contribution in [0.5, 0.6) is 0 Å². The van der Waals surface area contributed by atoms with Crippen LogP contribution in [0.3, 0.4) is 0 Å². The third kappa shape index (κ3) is 3.18. The van der Waals surface area contributed by atoms with E-state index in [1.165, 1.54) is 6.07 Å². The smallest absolute Gasteiger partial charge is 0.188 e. The van der Waals surface area contributed by atoms with Crippen LogP contribution in [0.4, 0.5) is 10.2 Å². The lowest BCUT2D eigenvalue weighted by molar-refractivity contribution is 0.629. The van der Waals surface area contributed by atoms with Gasteiger partial charge in [0.25, 0.3) is 0 Å². The molecule has 7 nitrogen and oxygen atoms in total. The van der Waals surface area contributed by atoms with E-state index in [1.54, 1.807) is 35.0 Å². The average Bonchev–Trinajstić information content (AvgIpc) is 3.44. The van der Waals surface area contributed by atoms with Gasteiger partial charge in [-0.15, -0.1) is 15.3 Å². The quantitative estimate of drug-likeness (QED) is 0.477. The first-order chi connectivity index (χ1) is 14.7. The summed E-state index contributed by atoms with van der Waals surface area (Å²) < 4.78 is 17.6. The molecule has 2 aromatic carbocycles. The molecule has 0 aliphatic carbocycles. The molecule has 0 saturated heterocycles. The maximum absolute atomic E-state index is 14.3. The highest BCUT2D eigenvalue weighted by Gasteiger charge is 2.16. The van der Waals surface area contributed by atoms with E-state index < -0.39 is 0 Å². The Morgan fingerprint density at radius 3 is 2.60 bits per heavy atom. The van der Waals surface area contributed by atoms with Gasteiger partial charge >= 0.3 is 0 Å². The summed E-state index contributed by atoms with van der Waals surface area (Å²) in [6, 6.07) is 20.0. The number of hydrogen-bond acceptors (Lipinski definition) is 5. The second-order valence-corrected chi connectivity index (χ2v) is 6.87. The molecule has 1 atom stereocenters. The van der Waals surface area contributed by atoms with E-state index >= 15 is 0 Å². The molecular formula is C22H18FN7. The Bertz CT molecular complexity index is 1310. The number of hydrogen-bond donors (Lipinski definition) is 1. The largest absolute Gasteiger partial charge is 0.362 e. The van der Waals surface area contributed by atoms with Gasteiger partial charge in [-0.05, 0) is 48.9 Å². The molecule has 148 valence electrons. The monoisotopic (exact) mass is 399 g/mol. The molecule has 30 heavy (non-hydrogen) atoms. The summed E-state index contributed by atoms with van der Waals surface area (Å²) in [4.78, 5) is 0. The fraction of sp³-hybridized carbons (Fsp3) is 0.0909. The molecule has 0 radical (unpaired) electrons. The van der Waals surface area contributed by atoms with Crippen LogP contribution in [0.25, 0.3) is 22.7 Å². The minimum atomic E-state index is -0.367. The Morgan fingerprint density at radius 1 is 0.933 bits per heavy atom. The molecule has 0 spiro atoms. The first-order valence-corrected chi connectivity index (χ1v) is 9.53. The fourth-order valence-electron chi connectivity index (χ4n) is 3.45. The number of halogens is 1. The highest BCUT2D eigenvalue weighted by molar-refractivity contribution is 5.60. The molecule has 0 saturated carbocycles. The molecule has 0 aliphatic heterocycles. The summed E-state index contributed by atoms with van der Waals surface area (Å²) in [6.45, 7) is 2.05. The minimum Gasteiger partial charge on any atom is -0.362 e. The summed E-state index contributed by atoms with van der Waals surface area (Å²) in [5, 5.41) is 20.6. The zero-order valence-electron chi connectivity index (χ0n) is 16.1. The molecule has 3 aromatic heterocycles. The third-order valence-corrected chi connectivity index (χ3v) is 4.90. The summed E-state index contributed by atoms with van der Waals surface area (Å²) in [5.41, 5.74) is 2.95. The van der Waals surface area contributed by atoms with E-state index in [4.69, 9.17) is 0 Å². The maximum atomic E-state index is 14.3. The van der Waals surface area contributed by atoms with Gasteiger partial charge in [0.1, 0.15) is 11.6 Å². The van der Waals surface area contributed by atoms with Crippen LogP contribution in [-0.2, 0) is 0 Å². The molecule has 8 heteroatoms. The van der Waals surface area contributed by atoms with Gasteiger partial charge in [-0.3, -0.25) is 0 Å². The predicted octanol–water partition coefficient (Wildman–Crippen LogP) is 4.29. The Kier molecular flexibility index (Phi) is 4.44. The van der Waals surface area contributed by atoms with Crippen molar-refractivity contribution in [1.29, 1.82) is 0 Å². The van der Waals surface area contributed by atoms with Crippen molar-refractivity contribution in [3.8, 4) is 17.1 Å². The molecule has 0 fully saturated rings. The van der Waals surface area contributed by atoms with Crippen molar-refractivity contribution >= 4 is 11.5 Å². The number of aromatic nitrogens is 6. The van der Waals surface area contributed by atoms with Crippen LogP contribution in [0.2, 0.25) is 0 Å². The zero-order chi connectivity index (χ0) is 20.5. The lowest BCUT2D eigenvalue weighted by Gasteiger charge is -2.18. The molecule has 5 rings (SSSR count). The average molecular weight is 399 g/mol. The molecule has 5 aromatic rings. The second-order valence-electron chi connectivity index (χ2n) is 6.87. The maximum Gasteiger partial charge on any atom is 0.188 e. The number of benzene rings is 2. The first kappa shape index (κ1) is 18.0. The Balaban J connectivity index is 1.50. The van der Waals surface area contributed by atoms with Crippen molar-refractivity contribution < 1.29 is 4.39 Å². The standard InChI is InChI=1S/C22H18FN7/c1-15(16-7-3-5-10-19(16)29-14-6-13-24-29)25-20-11-12-21-26-27-22(30(21)28-20)17-8-2-4-9-18(17)23/h2-15H,1H3,(H,25,28). The Labute approximate surface area is 171 Å². The topological polar surface area (TPSA) is 72.9 Å². The minimum absolute atomic E-state index is 0.0521. The van der Waals surface area contributed by atoms with E-state index in [-0.39, 0.29) is 11.9 Å². The predicted molar refractivity (Wildman–Crippen MR) is 112 cm³/mol. The lowest BCUT2D eigenvalue weighted by atomic mass is 10.1. The zero-order valence-corrected chi connectivity index (χ0v) is 16.1. The summed E-state index contributed by atoms with van der Waals surface area (Å²) in [7, 11) is 0. The molecule has 1 N–H and O–H groups in total. The highest BCUT2D eigenvalue weighted by atomic mass is 19.1. The van der Waals surface area contributed by atoms with Crippen LogP contribution in [-0.4, -0.2) is 29.6 Å². The van der Waals surface area contributed by atoms with Gasteiger partial charge in [0.2, 0.25) is 0 Å². The number of para-hydroxylation sites is 1. The number of fused-ring (bicyclic) bond motifs is 1.